The van der Waals surface area contributed by atoms with Crippen molar-refractivity contribution in [3.8, 4) is 11.5 Å². The summed E-state index contributed by atoms with van der Waals surface area (Å²) in [5.74, 6) is 0.131. The van der Waals surface area contributed by atoms with Gasteiger partial charge in [-0.1, -0.05) is 19.9 Å². The molecule has 0 aliphatic carbocycles. The van der Waals surface area contributed by atoms with E-state index in [9.17, 15) is 5.11 Å². The zero-order valence-corrected chi connectivity index (χ0v) is 9.70. The third-order valence-electron chi connectivity index (χ3n) is 2.42. The molecule has 4 heteroatoms. The van der Waals surface area contributed by atoms with E-state index in [1.54, 1.807) is 6.07 Å². The van der Waals surface area contributed by atoms with E-state index in [0.717, 1.165) is 5.56 Å². The Morgan fingerprint density at radius 2 is 1.94 bits per heavy atom. The zero-order valence-electron chi connectivity index (χ0n) is 9.70. The van der Waals surface area contributed by atoms with Gasteiger partial charge in [0.1, 0.15) is 11.5 Å². The molecule has 4 nitrogen and oxygen atoms in total. The van der Waals surface area contributed by atoms with Crippen LogP contribution in [0, 0.1) is 5.41 Å². The number of hydrogen-bond donors (Lipinski definition) is 4. The lowest BCUT2D eigenvalue weighted by atomic mass is 9.95. The molecule has 0 radical (unpaired) electrons. The van der Waals surface area contributed by atoms with E-state index in [1.807, 2.05) is 13.8 Å². The number of phenolic OH excluding ortho intramolecular Hbond substituents is 2. The van der Waals surface area contributed by atoms with Crippen molar-refractivity contribution in [3.63, 3.8) is 0 Å². The first-order valence-electron chi connectivity index (χ1n) is 5.27. The second-order valence-electron chi connectivity index (χ2n) is 4.74. The first-order chi connectivity index (χ1) is 7.44. The zero-order chi connectivity index (χ0) is 12.2. The SMILES string of the molecule is CC(C)(CO)CNCc1ccc(O)cc1O. The van der Waals surface area contributed by atoms with Gasteiger partial charge < -0.3 is 20.6 Å². The fraction of sp³-hybridized carbons (Fsp3) is 0.500. The number of hydrogen-bond acceptors (Lipinski definition) is 4. The molecule has 1 aromatic carbocycles. The summed E-state index contributed by atoms with van der Waals surface area (Å²) in [7, 11) is 0. The first kappa shape index (κ1) is 12.8. The van der Waals surface area contributed by atoms with Crippen LogP contribution in [-0.4, -0.2) is 28.5 Å². The summed E-state index contributed by atoms with van der Waals surface area (Å²) >= 11 is 0. The quantitative estimate of drug-likeness (QED) is 0.607. The summed E-state index contributed by atoms with van der Waals surface area (Å²) in [4.78, 5) is 0. The van der Waals surface area contributed by atoms with Gasteiger partial charge in [-0.3, -0.25) is 0 Å². The molecule has 0 aromatic heterocycles. The van der Waals surface area contributed by atoms with E-state index in [4.69, 9.17) is 10.2 Å². The van der Waals surface area contributed by atoms with Crippen LogP contribution in [0.1, 0.15) is 19.4 Å². The molecular formula is C12H19NO3. The molecule has 0 amide bonds. The largest absolute Gasteiger partial charge is 0.508 e. The lowest BCUT2D eigenvalue weighted by molar-refractivity contribution is 0.156. The number of rotatable bonds is 5. The van der Waals surface area contributed by atoms with Crippen molar-refractivity contribution in [2.24, 2.45) is 5.41 Å². The molecule has 16 heavy (non-hydrogen) atoms. The maximum absolute atomic E-state index is 9.53. The van der Waals surface area contributed by atoms with Gasteiger partial charge >= 0.3 is 0 Å². The number of phenols is 2. The van der Waals surface area contributed by atoms with Crippen molar-refractivity contribution in [1.29, 1.82) is 0 Å². The molecule has 0 heterocycles. The molecule has 1 aromatic rings. The minimum atomic E-state index is -0.174. The van der Waals surface area contributed by atoms with Gasteiger partial charge in [-0.25, -0.2) is 0 Å². The van der Waals surface area contributed by atoms with E-state index in [1.165, 1.54) is 12.1 Å². The van der Waals surface area contributed by atoms with Crippen molar-refractivity contribution < 1.29 is 15.3 Å². The monoisotopic (exact) mass is 225 g/mol. The van der Waals surface area contributed by atoms with Crippen LogP contribution in [0.5, 0.6) is 11.5 Å². The van der Waals surface area contributed by atoms with Crippen LogP contribution in [0.4, 0.5) is 0 Å². The van der Waals surface area contributed by atoms with E-state index >= 15 is 0 Å². The van der Waals surface area contributed by atoms with E-state index < -0.39 is 0 Å². The van der Waals surface area contributed by atoms with Crippen molar-refractivity contribution >= 4 is 0 Å². The molecule has 0 atom stereocenters. The average molecular weight is 225 g/mol. The van der Waals surface area contributed by atoms with Gasteiger partial charge in [-0.15, -0.1) is 0 Å². The number of aliphatic hydroxyl groups is 1. The third kappa shape index (κ3) is 3.72. The van der Waals surface area contributed by atoms with Gasteiger partial charge in [0.2, 0.25) is 0 Å². The Kier molecular flexibility index (Phi) is 4.15. The van der Waals surface area contributed by atoms with Crippen LogP contribution in [0.15, 0.2) is 18.2 Å². The Morgan fingerprint density at radius 1 is 1.25 bits per heavy atom. The summed E-state index contributed by atoms with van der Waals surface area (Å²) in [5, 5.41) is 30.9. The molecule has 1 rings (SSSR count). The Labute approximate surface area is 95.6 Å². The third-order valence-corrected chi connectivity index (χ3v) is 2.42. The van der Waals surface area contributed by atoms with Crippen molar-refractivity contribution in [3.05, 3.63) is 23.8 Å². The number of aromatic hydroxyl groups is 2. The minimum absolute atomic E-state index is 0.0527. The molecule has 0 fully saturated rings. The van der Waals surface area contributed by atoms with Crippen molar-refractivity contribution in [2.75, 3.05) is 13.2 Å². The summed E-state index contributed by atoms with van der Waals surface area (Å²) in [5.41, 5.74) is 0.554. The summed E-state index contributed by atoms with van der Waals surface area (Å²) in [6.45, 7) is 5.19. The normalized spacial score (nSPS) is 11.7. The van der Waals surface area contributed by atoms with Crippen LogP contribution >= 0.6 is 0 Å². The van der Waals surface area contributed by atoms with Gasteiger partial charge in [0.15, 0.2) is 0 Å². The molecule has 0 aliphatic heterocycles. The van der Waals surface area contributed by atoms with Crippen LogP contribution in [0.3, 0.4) is 0 Å². The lowest BCUT2D eigenvalue weighted by Crippen LogP contribution is -2.31. The molecule has 0 unspecified atom stereocenters. The number of aliphatic hydroxyl groups excluding tert-OH is 1. The summed E-state index contributed by atoms with van der Waals surface area (Å²) < 4.78 is 0. The highest BCUT2D eigenvalue weighted by atomic mass is 16.3. The van der Waals surface area contributed by atoms with Gasteiger partial charge in [-0.05, 0) is 6.07 Å². The molecule has 4 N–H and O–H groups in total. The van der Waals surface area contributed by atoms with Crippen LogP contribution in [0.25, 0.3) is 0 Å². The van der Waals surface area contributed by atoms with Gasteiger partial charge in [0, 0.05) is 36.7 Å². The van der Waals surface area contributed by atoms with Crippen LogP contribution in [-0.2, 0) is 6.54 Å². The van der Waals surface area contributed by atoms with Crippen LogP contribution < -0.4 is 5.32 Å². The van der Waals surface area contributed by atoms with Crippen LogP contribution in [0.2, 0.25) is 0 Å². The Balaban J connectivity index is 2.49. The van der Waals surface area contributed by atoms with Crippen molar-refractivity contribution in [1.82, 2.24) is 5.32 Å². The highest BCUT2D eigenvalue weighted by molar-refractivity contribution is 5.38. The van der Waals surface area contributed by atoms with Gasteiger partial charge in [0.05, 0.1) is 0 Å². The highest BCUT2D eigenvalue weighted by Gasteiger charge is 2.15. The topological polar surface area (TPSA) is 72.7 Å². The molecule has 0 saturated heterocycles. The highest BCUT2D eigenvalue weighted by Crippen LogP contribution is 2.22. The fourth-order valence-electron chi connectivity index (χ4n) is 1.29. The molecule has 90 valence electrons. The first-order valence-corrected chi connectivity index (χ1v) is 5.27. The Hall–Kier alpha value is -1.26. The predicted molar refractivity (Wildman–Crippen MR) is 62.3 cm³/mol. The molecule has 0 saturated carbocycles. The second-order valence-corrected chi connectivity index (χ2v) is 4.74. The fourth-order valence-corrected chi connectivity index (χ4v) is 1.29. The second kappa shape index (κ2) is 5.18. The molecule has 0 bridgehead atoms. The summed E-state index contributed by atoms with van der Waals surface area (Å²) in [6, 6.07) is 4.52. The van der Waals surface area contributed by atoms with E-state index in [0.29, 0.717) is 13.1 Å². The molecular weight excluding hydrogens is 206 g/mol. The predicted octanol–water partition coefficient (Wildman–Crippen LogP) is 1.21. The van der Waals surface area contributed by atoms with Gasteiger partial charge in [0.25, 0.3) is 0 Å². The lowest BCUT2D eigenvalue weighted by Gasteiger charge is -2.22. The molecule has 0 aliphatic rings. The van der Waals surface area contributed by atoms with E-state index in [-0.39, 0.29) is 23.5 Å². The smallest absolute Gasteiger partial charge is 0.123 e. The van der Waals surface area contributed by atoms with Crippen molar-refractivity contribution in [2.45, 2.75) is 20.4 Å². The Bertz CT molecular complexity index is 350. The van der Waals surface area contributed by atoms with E-state index in [2.05, 4.69) is 5.32 Å². The average Bonchev–Trinajstić information content (AvgIpc) is 2.21. The number of nitrogens with one attached hydrogen (secondary N) is 1. The molecule has 0 spiro atoms. The number of benzene rings is 1. The Morgan fingerprint density at radius 3 is 2.50 bits per heavy atom. The van der Waals surface area contributed by atoms with Gasteiger partial charge in [-0.2, -0.15) is 0 Å². The summed E-state index contributed by atoms with van der Waals surface area (Å²) in [6.07, 6.45) is 0. The standard InChI is InChI=1S/C12H19NO3/c1-12(2,8-14)7-13-6-9-3-4-10(15)5-11(9)16/h3-5,13-16H,6-8H2,1-2H3. The minimum Gasteiger partial charge on any atom is -0.508 e. The maximum Gasteiger partial charge on any atom is 0.123 e. The maximum atomic E-state index is 9.53.